The summed E-state index contributed by atoms with van der Waals surface area (Å²) in [6.45, 7) is 0. The minimum absolute atomic E-state index is 0.149. The highest BCUT2D eigenvalue weighted by atomic mass is 32.1. The Morgan fingerprint density at radius 2 is 1.65 bits per heavy atom. The minimum Gasteiger partial charge on any atom is -0.465 e. The van der Waals surface area contributed by atoms with Crippen LogP contribution in [0.1, 0.15) is 22.5 Å². The summed E-state index contributed by atoms with van der Waals surface area (Å²) in [5, 5.41) is 0.551. The Labute approximate surface area is 123 Å². The Morgan fingerprint density at radius 1 is 1.00 bits per heavy atom. The smallest absolute Gasteiger partial charge is 0.215 e. The van der Waals surface area contributed by atoms with Crippen molar-refractivity contribution in [3.8, 4) is 14.8 Å². The lowest BCUT2D eigenvalue weighted by Crippen LogP contribution is -2.27. The topological polar surface area (TPSA) is 60.4 Å². The van der Waals surface area contributed by atoms with Crippen LogP contribution in [0.15, 0.2) is 24.3 Å². The lowest BCUT2D eigenvalue weighted by molar-refractivity contribution is -0.130. The highest BCUT2D eigenvalue weighted by Gasteiger charge is 2.35. The minimum atomic E-state index is -0.935. The number of ether oxygens (including phenoxy) is 1. The van der Waals surface area contributed by atoms with Gasteiger partial charge in [-0.15, -0.1) is 11.3 Å². The molecule has 0 spiro atoms. The number of thiophene rings is 2. The van der Waals surface area contributed by atoms with Gasteiger partial charge in [-0.2, -0.15) is 0 Å². The second-order valence-corrected chi connectivity index (χ2v) is 6.53. The molecule has 0 unspecified atom stereocenters. The van der Waals surface area contributed by atoms with Crippen LogP contribution in [-0.4, -0.2) is 24.0 Å². The van der Waals surface area contributed by atoms with Gasteiger partial charge in [0.2, 0.25) is 6.10 Å². The zero-order valence-corrected chi connectivity index (χ0v) is 12.0. The predicted octanol–water partition coefficient (Wildman–Crippen LogP) is 2.97. The van der Waals surface area contributed by atoms with Crippen molar-refractivity contribution in [2.75, 3.05) is 0 Å². The quantitative estimate of drug-likeness (QED) is 0.643. The van der Waals surface area contributed by atoms with Crippen molar-refractivity contribution in [1.82, 2.24) is 0 Å². The fourth-order valence-corrected chi connectivity index (χ4v) is 3.79. The SMILES string of the molecule is O=Cc1ccc(-c2ccc(OC3C(=O)CCC3=O)s2)s1. The second-order valence-electron chi connectivity index (χ2n) is 4.37. The zero-order valence-electron chi connectivity index (χ0n) is 10.3. The Hall–Kier alpha value is -1.79. The number of Topliss-reactive ketones (excluding diaryl/α,β-unsaturated/α-hetero) is 2. The van der Waals surface area contributed by atoms with Gasteiger partial charge in [0, 0.05) is 22.6 Å². The van der Waals surface area contributed by atoms with E-state index in [0.717, 1.165) is 16.0 Å². The van der Waals surface area contributed by atoms with E-state index in [1.54, 1.807) is 12.1 Å². The molecule has 0 aliphatic heterocycles. The number of hydrogen-bond donors (Lipinski definition) is 0. The number of rotatable bonds is 4. The van der Waals surface area contributed by atoms with E-state index in [9.17, 15) is 14.4 Å². The summed E-state index contributed by atoms with van der Waals surface area (Å²) in [4.78, 5) is 36.3. The summed E-state index contributed by atoms with van der Waals surface area (Å²) < 4.78 is 5.49. The first-order chi connectivity index (χ1) is 9.67. The number of carbonyl (C=O) groups is 3. The molecule has 1 fully saturated rings. The molecule has 3 rings (SSSR count). The van der Waals surface area contributed by atoms with Crippen molar-refractivity contribution in [3.63, 3.8) is 0 Å². The van der Waals surface area contributed by atoms with E-state index in [-0.39, 0.29) is 24.4 Å². The van der Waals surface area contributed by atoms with Crippen LogP contribution in [0.4, 0.5) is 0 Å². The molecular formula is C14H10O4S2. The zero-order chi connectivity index (χ0) is 14.1. The summed E-state index contributed by atoms with van der Waals surface area (Å²) in [6, 6.07) is 7.25. The van der Waals surface area contributed by atoms with Gasteiger partial charge >= 0.3 is 0 Å². The van der Waals surface area contributed by atoms with Crippen LogP contribution < -0.4 is 4.74 Å². The molecule has 0 aromatic carbocycles. The normalized spacial score (nSPS) is 15.8. The molecule has 1 aliphatic rings. The van der Waals surface area contributed by atoms with Crippen LogP contribution in [0.5, 0.6) is 5.06 Å². The Morgan fingerprint density at radius 3 is 2.30 bits per heavy atom. The summed E-state index contributed by atoms with van der Waals surface area (Å²) in [5.41, 5.74) is 0. The molecule has 2 aromatic rings. The molecule has 20 heavy (non-hydrogen) atoms. The highest BCUT2D eigenvalue weighted by molar-refractivity contribution is 7.23. The third-order valence-electron chi connectivity index (χ3n) is 3.00. The molecule has 4 nitrogen and oxygen atoms in total. The van der Waals surface area contributed by atoms with Crippen LogP contribution in [0, 0.1) is 0 Å². The predicted molar refractivity (Wildman–Crippen MR) is 76.7 cm³/mol. The third kappa shape index (κ3) is 2.44. The molecule has 2 heterocycles. The van der Waals surface area contributed by atoms with Gasteiger partial charge in [-0.25, -0.2) is 0 Å². The van der Waals surface area contributed by atoms with Crippen LogP contribution in [0.3, 0.4) is 0 Å². The second kappa shape index (κ2) is 5.30. The number of carbonyl (C=O) groups excluding carboxylic acids is 3. The van der Waals surface area contributed by atoms with Crippen molar-refractivity contribution < 1.29 is 19.1 Å². The van der Waals surface area contributed by atoms with Crippen molar-refractivity contribution in [3.05, 3.63) is 29.1 Å². The van der Waals surface area contributed by atoms with Crippen molar-refractivity contribution >= 4 is 40.5 Å². The lowest BCUT2D eigenvalue weighted by Gasteiger charge is -2.07. The molecule has 0 amide bonds. The van der Waals surface area contributed by atoms with Crippen molar-refractivity contribution in [2.45, 2.75) is 18.9 Å². The summed E-state index contributed by atoms with van der Waals surface area (Å²) >= 11 is 2.76. The third-order valence-corrected chi connectivity index (χ3v) is 5.19. The van der Waals surface area contributed by atoms with Gasteiger partial charge in [0.25, 0.3) is 0 Å². The highest BCUT2D eigenvalue weighted by Crippen LogP contribution is 2.37. The summed E-state index contributed by atoms with van der Waals surface area (Å²) in [7, 11) is 0. The van der Waals surface area contributed by atoms with Crippen molar-refractivity contribution in [1.29, 1.82) is 0 Å². The molecule has 1 aliphatic carbocycles. The molecule has 0 bridgehead atoms. The Kier molecular flexibility index (Phi) is 3.50. The van der Waals surface area contributed by atoms with Gasteiger partial charge < -0.3 is 4.74 Å². The van der Waals surface area contributed by atoms with Crippen molar-refractivity contribution in [2.24, 2.45) is 0 Å². The monoisotopic (exact) mass is 306 g/mol. The average Bonchev–Trinajstić information content (AvgIpc) is 3.14. The van der Waals surface area contributed by atoms with Gasteiger partial charge in [-0.3, -0.25) is 14.4 Å². The van der Waals surface area contributed by atoms with E-state index < -0.39 is 6.10 Å². The molecule has 2 aromatic heterocycles. The van der Waals surface area contributed by atoms with Crippen LogP contribution in [0.25, 0.3) is 9.75 Å². The largest absolute Gasteiger partial charge is 0.465 e. The maximum absolute atomic E-state index is 11.5. The van der Waals surface area contributed by atoms with E-state index in [1.165, 1.54) is 22.7 Å². The first kappa shape index (κ1) is 13.2. The maximum Gasteiger partial charge on any atom is 0.215 e. The molecule has 0 N–H and O–H groups in total. The average molecular weight is 306 g/mol. The summed E-state index contributed by atoms with van der Waals surface area (Å²) in [5.74, 6) is -0.298. The maximum atomic E-state index is 11.5. The van der Waals surface area contributed by atoms with E-state index in [1.807, 2.05) is 12.1 Å². The van der Waals surface area contributed by atoms with Crippen LogP contribution >= 0.6 is 22.7 Å². The molecule has 0 radical (unpaired) electrons. The molecule has 102 valence electrons. The van der Waals surface area contributed by atoms with E-state index >= 15 is 0 Å². The fraction of sp³-hybridized carbons (Fsp3) is 0.214. The van der Waals surface area contributed by atoms with Gasteiger partial charge in [-0.05, 0) is 24.3 Å². The van der Waals surface area contributed by atoms with Crippen LogP contribution in [0.2, 0.25) is 0 Å². The first-order valence-corrected chi connectivity index (χ1v) is 7.68. The Balaban J connectivity index is 1.78. The van der Waals surface area contributed by atoms with Crippen LogP contribution in [-0.2, 0) is 9.59 Å². The summed E-state index contributed by atoms with van der Waals surface area (Å²) in [6.07, 6.45) is 0.426. The van der Waals surface area contributed by atoms with E-state index in [2.05, 4.69) is 0 Å². The molecule has 0 atom stereocenters. The van der Waals surface area contributed by atoms with Gasteiger partial charge in [0.15, 0.2) is 22.9 Å². The standard InChI is InChI=1S/C14H10O4S2/c15-7-8-1-4-11(19-8)12-5-6-13(20-12)18-14-9(16)2-3-10(14)17/h1,4-7,14H,2-3H2. The fourth-order valence-electron chi connectivity index (χ4n) is 2.00. The molecule has 0 saturated heterocycles. The Bertz CT molecular complexity index is 667. The van der Waals surface area contributed by atoms with Gasteiger partial charge in [0.05, 0.1) is 4.88 Å². The lowest BCUT2D eigenvalue weighted by atomic mass is 10.3. The number of aldehydes is 1. The molecule has 1 saturated carbocycles. The number of hydrogen-bond acceptors (Lipinski definition) is 6. The van der Waals surface area contributed by atoms with Gasteiger partial charge in [-0.1, -0.05) is 11.3 Å². The molecule has 6 heteroatoms. The van der Waals surface area contributed by atoms with Gasteiger partial charge in [0.1, 0.15) is 0 Å². The van der Waals surface area contributed by atoms with E-state index in [0.29, 0.717) is 9.94 Å². The molecular weight excluding hydrogens is 296 g/mol. The number of ketones is 2. The first-order valence-electron chi connectivity index (χ1n) is 6.04. The van der Waals surface area contributed by atoms with E-state index in [4.69, 9.17) is 4.74 Å².